The van der Waals surface area contributed by atoms with Gasteiger partial charge in [-0.1, -0.05) is 18.2 Å². The van der Waals surface area contributed by atoms with Gasteiger partial charge in [0, 0.05) is 12.2 Å². The summed E-state index contributed by atoms with van der Waals surface area (Å²) < 4.78 is 26.5. The smallest absolute Gasteiger partial charge is 0.310 e. The molecule has 2 aromatic rings. The Bertz CT molecular complexity index is 853. The molecule has 21 heavy (non-hydrogen) atoms. The van der Waals surface area contributed by atoms with E-state index in [-0.39, 0.29) is 12.2 Å². The number of rotatable bonds is 4. The van der Waals surface area contributed by atoms with Crippen LogP contribution in [0.5, 0.6) is 0 Å². The first-order valence-electron chi connectivity index (χ1n) is 6.29. The summed E-state index contributed by atoms with van der Waals surface area (Å²) in [5, 5.41) is 0. The molecule has 0 bridgehead atoms. The summed E-state index contributed by atoms with van der Waals surface area (Å²) in [7, 11) is -4.06. The molecule has 0 saturated heterocycles. The van der Waals surface area contributed by atoms with Crippen LogP contribution < -0.4 is 15.6 Å². The van der Waals surface area contributed by atoms with Gasteiger partial charge >= 0.3 is 5.69 Å². The van der Waals surface area contributed by atoms with Crippen LogP contribution in [0.1, 0.15) is 12.6 Å². The molecule has 0 unspecified atom stereocenters. The predicted molar refractivity (Wildman–Crippen MR) is 79.1 cm³/mol. The summed E-state index contributed by atoms with van der Waals surface area (Å²) in [5.74, 6) is 0. The van der Waals surface area contributed by atoms with Gasteiger partial charge in [-0.15, -0.1) is 0 Å². The third-order valence-electron chi connectivity index (χ3n) is 2.95. The van der Waals surface area contributed by atoms with Crippen molar-refractivity contribution in [1.29, 1.82) is 0 Å². The molecule has 0 saturated carbocycles. The molecule has 1 aromatic carbocycles. The van der Waals surface area contributed by atoms with Crippen LogP contribution in [0.25, 0.3) is 0 Å². The molecule has 8 heteroatoms. The van der Waals surface area contributed by atoms with Crippen molar-refractivity contribution in [2.45, 2.75) is 18.7 Å². The molecule has 0 aliphatic rings. The van der Waals surface area contributed by atoms with Gasteiger partial charge in [0.05, 0.1) is 5.69 Å². The van der Waals surface area contributed by atoms with Gasteiger partial charge in [0.2, 0.25) is 0 Å². The van der Waals surface area contributed by atoms with Gasteiger partial charge in [0.15, 0.2) is 4.90 Å². The Morgan fingerprint density at radius 2 is 1.71 bits per heavy atom. The average Bonchev–Trinajstić information content (AvgIpc) is 2.38. The van der Waals surface area contributed by atoms with Gasteiger partial charge in [0.25, 0.3) is 15.6 Å². The van der Waals surface area contributed by atoms with Gasteiger partial charge in [-0.05, 0) is 26.0 Å². The van der Waals surface area contributed by atoms with E-state index in [1.165, 1.54) is 6.92 Å². The number of aryl methyl sites for hydroxylation is 1. The van der Waals surface area contributed by atoms with Crippen LogP contribution in [0.15, 0.2) is 44.8 Å². The number of sulfonamides is 1. The zero-order valence-corrected chi connectivity index (χ0v) is 12.4. The van der Waals surface area contributed by atoms with Crippen molar-refractivity contribution >= 4 is 15.7 Å². The van der Waals surface area contributed by atoms with Crippen molar-refractivity contribution in [3.8, 4) is 0 Å². The highest BCUT2D eigenvalue weighted by atomic mass is 32.2. The molecular weight excluding hydrogens is 294 g/mol. The lowest BCUT2D eigenvalue weighted by Crippen LogP contribution is -2.38. The average molecular weight is 309 g/mol. The lowest BCUT2D eigenvalue weighted by atomic mass is 10.3. The fourth-order valence-electron chi connectivity index (χ4n) is 2.09. The van der Waals surface area contributed by atoms with Crippen molar-refractivity contribution in [2.75, 3.05) is 10.8 Å². The highest BCUT2D eigenvalue weighted by Crippen LogP contribution is 2.21. The van der Waals surface area contributed by atoms with Crippen LogP contribution in [-0.4, -0.2) is 24.9 Å². The Labute approximate surface area is 121 Å². The van der Waals surface area contributed by atoms with E-state index in [2.05, 4.69) is 4.98 Å². The number of hydrogen-bond acceptors (Lipinski definition) is 4. The number of nitrogens with one attached hydrogen (secondary N) is 2. The molecule has 0 spiro atoms. The zero-order valence-electron chi connectivity index (χ0n) is 11.6. The Morgan fingerprint density at radius 1 is 1.10 bits per heavy atom. The summed E-state index contributed by atoms with van der Waals surface area (Å²) in [4.78, 5) is 26.8. The van der Waals surface area contributed by atoms with Crippen molar-refractivity contribution in [1.82, 2.24) is 9.97 Å². The molecule has 2 rings (SSSR count). The normalized spacial score (nSPS) is 11.3. The second-order valence-electron chi connectivity index (χ2n) is 4.37. The van der Waals surface area contributed by atoms with E-state index in [1.54, 1.807) is 37.3 Å². The summed E-state index contributed by atoms with van der Waals surface area (Å²) in [6.07, 6.45) is 0. The van der Waals surface area contributed by atoms with E-state index in [9.17, 15) is 18.0 Å². The standard InChI is InChI=1S/C13H15N3O4S/c1-3-16(10-7-5-4-6-8-10)21(19,20)11-9(2)14-13(18)15-12(11)17/h4-8H,3H2,1-2H3,(H2,14,15,17,18). The second kappa shape index (κ2) is 5.57. The van der Waals surface area contributed by atoms with Crippen LogP contribution in [0, 0.1) is 6.92 Å². The van der Waals surface area contributed by atoms with E-state index in [0.717, 1.165) is 4.31 Å². The minimum Gasteiger partial charge on any atom is -0.310 e. The van der Waals surface area contributed by atoms with Gasteiger partial charge in [-0.3, -0.25) is 14.1 Å². The third-order valence-corrected chi connectivity index (χ3v) is 5.01. The first kappa shape index (κ1) is 15.0. The Balaban J connectivity index is 2.67. The predicted octanol–water partition coefficient (Wildman–Crippen LogP) is 0.587. The fourth-order valence-corrected chi connectivity index (χ4v) is 3.78. The van der Waals surface area contributed by atoms with Crippen molar-refractivity contribution in [2.24, 2.45) is 0 Å². The Morgan fingerprint density at radius 3 is 2.24 bits per heavy atom. The second-order valence-corrected chi connectivity index (χ2v) is 6.17. The molecule has 112 valence electrons. The molecule has 0 aliphatic heterocycles. The molecule has 7 nitrogen and oxygen atoms in total. The van der Waals surface area contributed by atoms with Crippen LogP contribution in [0.2, 0.25) is 0 Å². The molecule has 0 fully saturated rings. The highest BCUT2D eigenvalue weighted by Gasteiger charge is 2.28. The van der Waals surface area contributed by atoms with E-state index in [1.807, 2.05) is 4.98 Å². The van der Waals surface area contributed by atoms with E-state index >= 15 is 0 Å². The summed E-state index contributed by atoms with van der Waals surface area (Å²) in [6, 6.07) is 8.45. The maximum Gasteiger partial charge on any atom is 0.325 e. The van der Waals surface area contributed by atoms with E-state index < -0.39 is 26.2 Å². The fraction of sp³-hybridized carbons (Fsp3) is 0.231. The van der Waals surface area contributed by atoms with Crippen LogP contribution in [0.3, 0.4) is 0 Å². The minimum absolute atomic E-state index is 0.0122. The van der Waals surface area contributed by atoms with Gasteiger partial charge in [0.1, 0.15) is 0 Å². The van der Waals surface area contributed by atoms with Gasteiger partial charge < -0.3 is 4.98 Å². The molecule has 0 radical (unpaired) electrons. The number of nitrogens with zero attached hydrogens (tertiary/aromatic N) is 1. The molecule has 0 aliphatic carbocycles. The summed E-state index contributed by atoms with van der Waals surface area (Å²) >= 11 is 0. The van der Waals surface area contributed by atoms with Crippen molar-refractivity contribution < 1.29 is 8.42 Å². The topological polar surface area (TPSA) is 103 Å². The number of para-hydroxylation sites is 1. The van der Waals surface area contributed by atoms with Crippen LogP contribution in [-0.2, 0) is 10.0 Å². The lowest BCUT2D eigenvalue weighted by Gasteiger charge is -2.22. The maximum atomic E-state index is 12.7. The Hall–Kier alpha value is -2.35. The quantitative estimate of drug-likeness (QED) is 0.862. The number of aromatic amines is 2. The monoisotopic (exact) mass is 309 g/mol. The molecule has 2 N–H and O–H groups in total. The lowest BCUT2D eigenvalue weighted by molar-refractivity contribution is 0.588. The summed E-state index contributed by atoms with van der Waals surface area (Å²) in [6.45, 7) is 3.20. The zero-order chi connectivity index (χ0) is 15.6. The third kappa shape index (κ3) is 2.75. The van der Waals surface area contributed by atoms with E-state index in [0.29, 0.717) is 5.69 Å². The van der Waals surface area contributed by atoms with Crippen LogP contribution in [0.4, 0.5) is 5.69 Å². The molecule has 0 atom stereocenters. The van der Waals surface area contributed by atoms with Gasteiger partial charge in [-0.2, -0.15) is 0 Å². The first-order chi connectivity index (χ1) is 9.87. The van der Waals surface area contributed by atoms with Crippen molar-refractivity contribution in [3.63, 3.8) is 0 Å². The number of anilines is 1. The molecule has 1 heterocycles. The molecular formula is C13H15N3O4S. The van der Waals surface area contributed by atoms with E-state index in [4.69, 9.17) is 0 Å². The van der Waals surface area contributed by atoms with Gasteiger partial charge in [-0.25, -0.2) is 13.2 Å². The number of H-pyrrole nitrogens is 2. The number of aromatic nitrogens is 2. The molecule has 1 aromatic heterocycles. The largest absolute Gasteiger partial charge is 0.325 e. The molecule has 0 amide bonds. The maximum absolute atomic E-state index is 12.7. The van der Waals surface area contributed by atoms with Crippen molar-refractivity contribution in [3.05, 3.63) is 56.9 Å². The highest BCUT2D eigenvalue weighted by molar-refractivity contribution is 7.92. The summed E-state index contributed by atoms with van der Waals surface area (Å²) in [5.41, 5.74) is -1.20. The Kier molecular flexibility index (Phi) is 3.99. The first-order valence-corrected chi connectivity index (χ1v) is 7.73. The minimum atomic E-state index is -4.06. The van der Waals surface area contributed by atoms with Crippen LogP contribution >= 0.6 is 0 Å². The number of benzene rings is 1. The number of hydrogen-bond donors (Lipinski definition) is 2. The SMILES string of the molecule is CCN(c1ccccc1)S(=O)(=O)c1c(C)[nH]c(=O)[nH]c1=O.